The van der Waals surface area contributed by atoms with Gasteiger partial charge < -0.3 is 4.74 Å². The lowest BCUT2D eigenvalue weighted by atomic mass is 10.3. The van der Waals surface area contributed by atoms with Gasteiger partial charge in [0.05, 0.1) is 7.11 Å². The molecule has 2 aromatic heterocycles. The number of hydrogen-bond acceptors (Lipinski definition) is 5. The van der Waals surface area contributed by atoms with Crippen molar-refractivity contribution in [3.05, 3.63) is 40.6 Å². The fourth-order valence-corrected chi connectivity index (χ4v) is 3.07. The Bertz CT molecular complexity index is 579. The summed E-state index contributed by atoms with van der Waals surface area (Å²) in [7, 11) is 1.19. The van der Waals surface area contributed by atoms with Crippen molar-refractivity contribution >= 4 is 40.5 Å². The van der Waals surface area contributed by atoms with E-state index < -0.39 is 11.8 Å². The first-order valence-electron chi connectivity index (χ1n) is 5.15. The Balaban J connectivity index is 2.10. The topological polar surface area (TPSA) is 43.4 Å². The number of rotatable bonds is 4. The number of methoxy groups -OCH3 is 1. The van der Waals surface area contributed by atoms with E-state index in [1.807, 2.05) is 29.6 Å². The molecule has 0 aliphatic rings. The number of carbonyl (C=O) groups is 2. The largest absolute Gasteiger partial charge is 0.463 e. The minimum absolute atomic E-state index is 0.649. The van der Waals surface area contributed by atoms with Crippen LogP contribution in [0.25, 0.3) is 15.8 Å². The van der Waals surface area contributed by atoms with Crippen LogP contribution in [0.4, 0.5) is 0 Å². The zero-order valence-electron chi connectivity index (χ0n) is 9.58. The second kappa shape index (κ2) is 5.75. The number of carbonyl (C=O) groups excluding carboxylic acids is 2. The highest BCUT2D eigenvalue weighted by Gasteiger charge is 2.09. The molecule has 0 saturated carbocycles. The molecule has 92 valence electrons. The maximum Gasteiger partial charge on any atom is 0.378 e. The van der Waals surface area contributed by atoms with E-state index in [0.29, 0.717) is 0 Å². The van der Waals surface area contributed by atoms with Gasteiger partial charge in [0, 0.05) is 14.6 Å². The normalized spacial score (nSPS) is 10.7. The Hall–Kier alpha value is -1.72. The predicted octanol–water partition coefficient (Wildman–Crippen LogP) is 3.23. The van der Waals surface area contributed by atoms with Crippen molar-refractivity contribution < 1.29 is 14.3 Å². The van der Waals surface area contributed by atoms with Crippen molar-refractivity contribution in [1.82, 2.24) is 0 Å². The second-order valence-corrected chi connectivity index (χ2v) is 5.43. The van der Waals surface area contributed by atoms with E-state index in [-0.39, 0.29) is 0 Å². The van der Waals surface area contributed by atoms with E-state index >= 15 is 0 Å². The Morgan fingerprint density at radius 3 is 2.72 bits per heavy atom. The van der Waals surface area contributed by atoms with Crippen LogP contribution in [-0.4, -0.2) is 18.9 Å². The fraction of sp³-hybridized carbons (Fsp3) is 0.0769. The van der Waals surface area contributed by atoms with Crippen LogP contribution >= 0.6 is 22.7 Å². The van der Waals surface area contributed by atoms with Gasteiger partial charge >= 0.3 is 5.97 Å². The van der Waals surface area contributed by atoms with E-state index in [2.05, 4.69) is 4.74 Å². The smallest absolute Gasteiger partial charge is 0.378 e. The molecule has 0 saturated heterocycles. The van der Waals surface area contributed by atoms with Gasteiger partial charge in [-0.15, -0.1) is 22.7 Å². The zero-order chi connectivity index (χ0) is 13.0. The molecule has 0 unspecified atom stereocenters. The van der Waals surface area contributed by atoms with Crippen LogP contribution in [0.15, 0.2) is 35.7 Å². The second-order valence-electron chi connectivity index (χ2n) is 3.37. The molecule has 0 atom stereocenters. The zero-order valence-corrected chi connectivity index (χ0v) is 11.2. The molecule has 0 aromatic carbocycles. The average Bonchev–Trinajstić information content (AvgIpc) is 3.04. The lowest BCUT2D eigenvalue weighted by molar-refractivity contribution is -0.149. The van der Waals surface area contributed by atoms with Gasteiger partial charge in [0.2, 0.25) is 0 Å². The third kappa shape index (κ3) is 2.94. The van der Waals surface area contributed by atoms with Crippen molar-refractivity contribution in [2.24, 2.45) is 0 Å². The summed E-state index contributed by atoms with van der Waals surface area (Å²) in [6.45, 7) is 0. The van der Waals surface area contributed by atoms with Crippen LogP contribution in [0.1, 0.15) is 4.88 Å². The molecule has 0 N–H and O–H groups in total. The first-order valence-corrected chi connectivity index (χ1v) is 6.84. The number of ketones is 1. The first kappa shape index (κ1) is 12.7. The summed E-state index contributed by atoms with van der Waals surface area (Å²) in [6, 6.07) is 7.96. The van der Waals surface area contributed by atoms with Gasteiger partial charge in [-0.25, -0.2) is 4.79 Å². The van der Waals surface area contributed by atoms with Crippen molar-refractivity contribution in [1.29, 1.82) is 0 Å². The molecule has 0 spiro atoms. The van der Waals surface area contributed by atoms with Gasteiger partial charge in [-0.2, -0.15) is 0 Å². The highest BCUT2D eigenvalue weighted by atomic mass is 32.1. The molecule has 5 heteroatoms. The number of hydrogen-bond donors (Lipinski definition) is 0. The van der Waals surface area contributed by atoms with E-state index in [4.69, 9.17) is 0 Å². The summed E-state index contributed by atoms with van der Waals surface area (Å²) >= 11 is 3.24. The molecular formula is C13H10O3S2. The van der Waals surface area contributed by atoms with Crippen LogP contribution in [0.3, 0.4) is 0 Å². The molecule has 0 aliphatic heterocycles. The van der Waals surface area contributed by atoms with Crippen LogP contribution in [0.5, 0.6) is 0 Å². The van der Waals surface area contributed by atoms with Gasteiger partial charge in [-0.05, 0) is 35.7 Å². The van der Waals surface area contributed by atoms with Crippen LogP contribution < -0.4 is 0 Å². The molecular weight excluding hydrogens is 268 g/mol. The van der Waals surface area contributed by atoms with E-state index in [9.17, 15) is 9.59 Å². The van der Waals surface area contributed by atoms with Crippen molar-refractivity contribution in [2.45, 2.75) is 0 Å². The lowest BCUT2D eigenvalue weighted by Gasteiger charge is -1.90. The maximum atomic E-state index is 11.2. The van der Waals surface area contributed by atoms with Gasteiger partial charge in [0.15, 0.2) is 0 Å². The van der Waals surface area contributed by atoms with E-state index in [0.717, 1.165) is 9.75 Å². The summed E-state index contributed by atoms with van der Waals surface area (Å²) in [4.78, 5) is 25.4. The summed E-state index contributed by atoms with van der Waals surface area (Å²) in [5, 5.41) is 2.02. The first-order chi connectivity index (χ1) is 8.70. The monoisotopic (exact) mass is 278 g/mol. The minimum atomic E-state index is -0.846. The summed E-state index contributed by atoms with van der Waals surface area (Å²) in [5.74, 6) is -1.50. The predicted molar refractivity (Wildman–Crippen MR) is 73.7 cm³/mol. The van der Waals surface area contributed by atoms with Gasteiger partial charge in [0.1, 0.15) is 0 Å². The molecule has 18 heavy (non-hydrogen) atoms. The number of esters is 1. The molecule has 0 bridgehead atoms. The Labute approximate surface area is 112 Å². The van der Waals surface area contributed by atoms with Crippen molar-refractivity contribution in [3.8, 4) is 9.75 Å². The van der Waals surface area contributed by atoms with Crippen LogP contribution in [0.2, 0.25) is 0 Å². The molecule has 2 rings (SSSR count). The highest BCUT2D eigenvalue weighted by molar-refractivity contribution is 7.21. The van der Waals surface area contributed by atoms with Gasteiger partial charge in [0.25, 0.3) is 5.78 Å². The third-order valence-corrected chi connectivity index (χ3v) is 4.29. The van der Waals surface area contributed by atoms with Crippen molar-refractivity contribution in [3.63, 3.8) is 0 Å². The molecule has 0 aliphatic carbocycles. The number of thiophene rings is 2. The van der Waals surface area contributed by atoms with Gasteiger partial charge in [-0.1, -0.05) is 6.07 Å². The molecule has 0 amide bonds. The summed E-state index contributed by atoms with van der Waals surface area (Å²) in [6.07, 6.45) is 2.86. The SMILES string of the molecule is COC(=O)C(=O)C=Cc1ccc(-c2cccs2)s1. The van der Waals surface area contributed by atoms with E-state index in [1.165, 1.54) is 18.1 Å². The van der Waals surface area contributed by atoms with Crippen LogP contribution in [-0.2, 0) is 14.3 Å². The van der Waals surface area contributed by atoms with Crippen LogP contribution in [0, 0.1) is 0 Å². The fourth-order valence-electron chi connectivity index (χ4n) is 1.32. The third-order valence-electron chi connectivity index (χ3n) is 2.18. The summed E-state index contributed by atoms with van der Waals surface area (Å²) < 4.78 is 4.33. The standard InChI is InChI=1S/C13H10O3S2/c1-16-13(15)10(14)6-4-9-5-7-12(18-9)11-3-2-8-17-11/h2-8H,1H3. The lowest BCUT2D eigenvalue weighted by Crippen LogP contribution is -2.11. The Morgan fingerprint density at radius 2 is 2.06 bits per heavy atom. The minimum Gasteiger partial charge on any atom is -0.463 e. The molecule has 2 heterocycles. The molecule has 0 radical (unpaired) electrons. The number of ether oxygens (including phenoxy) is 1. The van der Waals surface area contributed by atoms with E-state index in [1.54, 1.807) is 28.7 Å². The highest BCUT2D eigenvalue weighted by Crippen LogP contribution is 2.31. The van der Waals surface area contributed by atoms with Crippen molar-refractivity contribution in [2.75, 3.05) is 7.11 Å². The summed E-state index contributed by atoms with van der Waals surface area (Å²) in [5.41, 5.74) is 0. The molecule has 3 nitrogen and oxygen atoms in total. The average molecular weight is 278 g/mol. The quantitative estimate of drug-likeness (QED) is 0.490. The van der Waals surface area contributed by atoms with Gasteiger partial charge in [-0.3, -0.25) is 4.79 Å². The molecule has 0 fully saturated rings. The molecule has 2 aromatic rings. The Kier molecular flexibility index (Phi) is 4.07. The maximum absolute atomic E-state index is 11.2. The Morgan fingerprint density at radius 1 is 1.22 bits per heavy atom.